The molecule has 58 heavy (non-hydrogen) atoms. The molecule has 2 aliphatic carbocycles. The number of nitrogens with two attached hydrogens (primary N) is 1. The van der Waals surface area contributed by atoms with Crippen molar-refractivity contribution in [3.63, 3.8) is 0 Å². The molecule has 2 aromatic carbocycles. The summed E-state index contributed by atoms with van der Waals surface area (Å²) in [4.78, 5) is 26.2. The SMILES string of the molecule is C.CC(C)c1cc(F)cc(C(C)C)c1CC(=O)NS(=O)(=O)c1cnn(C2CC2)n1.CC(C)c1cc(F)cc(C(C)C)c1CC(=O)O.NS(=O)(=O)c1cnn(C2CC2)n1. The molecule has 2 aromatic heterocycles. The van der Waals surface area contributed by atoms with Crippen molar-refractivity contribution in [1.29, 1.82) is 0 Å². The van der Waals surface area contributed by atoms with Gasteiger partial charge in [-0.25, -0.2) is 27.1 Å². The van der Waals surface area contributed by atoms with E-state index in [1.54, 1.807) is 0 Å². The van der Waals surface area contributed by atoms with Gasteiger partial charge in [0.25, 0.3) is 20.0 Å². The molecule has 2 fully saturated rings. The van der Waals surface area contributed by atoms with Gasteiger partial charge >= 0.3 is 5.97 Å². The Morgan fingerprint density at radius 3 is 1.36 bits per heavy atom. The first kappa shape index (κ1) is 47.8. The molecule has 0 spiro atoms. The van der Waals surface area contributed by atoms with Crippen LogP contribution in [0.5, 0.6) is 0 Å². The van der Waals surface area contributed by atoms with E-state index < -0.39 is 31.9 Å². The molecule has 0 unspecified atom stereocenters. The number of nitrogens with zero attached hydrogens (tertiary/aromatic N) is 6. The maximum atomic E-state index is 14.0. The Bertz CT molecular complexity index is 2240. The number of rotatable bonds is 13. The second-order valence-electron chi connectivity index (χ2n) is 15.5. The summed E-state index contributed by atoms with van der Waals surface area (Å²) in [5.41, 5.74) is 4.45. The third-order valence-electron chi connectivity index (χ3n) is 9.26. The third-order valence-corrected chi connectivity index (χ3v) is 11.3. The van der Waals surface area contributed by atoms with Gasteiger partial charge in [0.15, 0.2) is 0 Å². The lowest BCUT2D eigenvalue weighted by Crippen LogP contribution is -2.32. The summed E-state index contributed by atoms with van der Waals surface area (Å²) in [6, 6.07) is 6.15. The van der Waals surface area contributed by atoms with Crippen LogP contribution in [0.25, 0.3) is 0 Å². The number of benzene rings is 2. The minimum absolute atomic E-state index is 0. The number of carboxylic acid groups (broad SMARTS) is 1. The molecule has 0 atom stereocenters. The molecule has 1 amide bonds. The van der Waals surface area contributed by atoms with E-state index in [-0.39, 0.29) is 77.7 Å². The lowest BCUT2D eigenvalue weighted by atomic mass is 9.87. The van der Waals surface area contributed by atoms with Crippen LogP contribution in [0.2, 0.25) is 0 Å². The highest BCUT2D eigenvalue weighted by Gasteiger charge is 2.30. The number of carbonyl (C=O) groups is 2. The van der Waals surface area contributed by atoms with E-state index in [0.717, 1.165) is 48.6 Å². The summed E-state index contributed by atoms with van der Waals surface area (Å²) < 4.78 is 76.0. The maximum absolute atomic E-state index is 14.0. The number of sulfonamides is 2. The van der Waals surface area contributed by atoms with Crippen LogP contribution in [0.1, 0.15) is 158 Å². The summed E-state index contributed by atoms with van der Waals surface area (Å²) >= 11 is 0. The number of aromatic nitrogens is 6. The molecule has 0 aliphatic heterocycles. The first-order valence-electron chi connectivity index (χ1n) is 18.8. The zero-order valence-corrected chi connectivity index (χ0v) is 35.0. The lowest BCUT2D eigenvalue weighted by molar-refractivity contribution is -0.136. The standard InChI is InChI=1S/C19H25FN4O3S.C14H19FO2.C5H8N4O2S.CH4/c1-11(2)15-7-13(20)8-16(12(3)4)17(15)9-18(25)23-28(26,27)19-10-21-24(22-19)14-5-6-14;1-8(2)11-5-10(15)6-12(9(3)4)13(11)7-14(16)17;6-12(10,11)5-3-7-9(8-5)4-1-2-4;/h7-8,10-12,14H,5-6,9H2,1-4H3,(H,23,25);5-6,8-9H,7H2,1-4H3,(H,16,17);3-4H,1-2H2,(H2,6,10,11);1H4. The van der Waals surface area contributed by atoms with E-state index >= 15 is 0 Å². The third kappa shape index (κ3) is 12.9. The molecule has 6 rings (SSSR count). The van der Waals surface area contributed by atoms with E-state index in [2.05, 4.69) is 25.1 Å². The normalized spacial score (nSPS) is 14.1. The first-order chi connectivity index (χ1) is 26.5. The smallest absolute Gasteiger partial charge is 0.307 e. The Balaban J connectivity index is 0.000000255. The summed E-state index contributed by atoms with van der Waals surface area (Å²) in [5.74, 6) is -1.98. The molecular formula is C39H56F2N8O7S2. The minimum Gasteiger partial charge on any atom is -0.481 e. The second-order valence-corrected chi connectivity index (χ2v) is 18.7. The van der Waals surface area contributed by atoms with Gasteiger partial charge in [0.2, 0.25) is 16.0 Å². The summed E-state index contributed by atoms with van der Waals surface area (Å²) in [6.07, 6.45) is 5.98. The average molecular weight is 851 g/mol. The number of hydrogen-bond acceptors (Lipinski definition) is 10. The van der Waals surface area contributed by atoms with E-state index in [0.29, 0.717) is 16.7 Å². The van der Waals surface area contributed by atoms with Crippen molar-refractivity contribution in [3.8, 4) is 0 Å². The number of carboxylic acids is 1. The first-order valence-corrected chi connectivity index (χ1v) is 21.8. The lowest BCUT2D eigenvalue weighted by Gasteiger charge is -2.19. The molecule has 15 nitrogen and oxygen atoms in total. The predicted octanol–water partition coefficient (Wildman–Crippen LogP) is 6.64. The van der Waals surface area contributed by atoms with Crippen molar-refractivity contribution in [2.75, 3.05) is 0 Å². The number of amides is 1. The van der Waals surface area contributed by atoms with Crippen LogP contribution in [0, 0.1) is 11.6 Å². The van der Waals surface area contributed by atoms with Crippen LogP contribution in [-0.4, -0.2) is 63.8 Å². The van der Waals surface area contributed by atoms with Gasteiger partial charge in [-0.1, -0.05) is 62.8 Å². The van der Waals surface area contributed by atoms with Gasteiger partial charge in [-0.2, -0.15) is 28.2 Å². The Hall–Kier alpha value is -4.62. The van der Waals surface area contributed by atoms with Crippen molar-refractivity contribution >= 4 is 31.9 Å². The highest BCUT2D eigenvalue weighted by molar-refractivity contribution is 7.90. The minimum atomic E-state index is -4.11. The van der Waals surface area contributed by atoms with Crippen LogP contribution in [-0.2, 0) is 42.5 Å². The number of aliphatic carboxylic acids is 1. The zero-order chi connectivity index (χ0) is 42.6. The molecule has 0 radical (unpaired) electrons. The predicted molar refractivity (Wildman–Crippen MR) is 214 cm³/mol. The fourth-order valence-electron chi connectivity index (χ4n) is 6.12. The summed E-state index contributed by atoms with van der Waals surface area (Å²) in [5, 5.41) is 28.8. The van der Waals surface area contributed by atoms with Crippen LogP contribution in [0.15, 0.2) is 46.7 Å². The molecular weight excluding hydrogens is 795 g/mol. The maximum Gasteiger partial charge on any atom is 0.307 e. The van der Waals surface area contributed by atoms with Crippen molar-refractivity contribution in [1.82, 2.24) is 34.7 Å². The molecule has 4 aromatic rings. The van der Waals surface area contributed by atoms with Gasteiger partial charge in [0.05, 0.1) is 37.3 Å². The average Bonchev–Trinajstić information content (AvgIpc) is 4.02. The Kier molecular flexibility index (Phi) is 16.0. The van der Waals surface area contributed by atoms with Crippen molar-refractivity contribution < 1.29 is 40.3 Å². The molecule has 0 bridgehead atoms. The molecule has 0 saturated heterocycles. The summed E-state index contributed by atoms with van der Waals surface area (Å²) in [6.45, 7) is 15.4. The van der Waals surface area contributed by atoms with E-state index in [1.165, 1.54) is 40.1 Å². The van der Waals surface area contributed by atoms with E-state index in [1.807, 2.05) is 55.4 Å². The topological polar surface area (TPSA) is 222 Å². The highest BCUT2D eigenvalue weighted by Crippen LogP contribution is 2.34. The van der Waals surface area contributed by atoms with E-state index in [9.17, 15) is 35.2 Å². The largest absolute Gasteiger partial charge is 0.481 e. The second kappa shape index (κ2) is 19.4. The van der Waals surface area contributed by atoms with Crippen molar-refractivity contribution in [2.45, 2.75) is 147 Å². The van der Waals surface area contributed by atoms with Crippen molar-refractivity contribution in [3.05, 3.63) is 81.7 Å². The molecule has 2 aliphatic rings. The fourth-order valence-corrected chi connectivity index (χ4v) is 7.36. The number of primary sulfonamides is 1. The summed E-state index contributed by atoms with van der Waals surface area (Å²) in [7, 11) is -7.79. The van der Waals surface area contributed by atoms with Crippen LogP contribution in [0.3, 0.4) is 0 Å². The number of nitrogens with one attached hydrogen (secondary N) is 1. The Labute approximate surface area is 339 Å². The number of carbonyl (C=O) groups excluding carboxylic acids is 1. The molecule has 19 heteroatoms. The van der Waals surface area contributed by atoms with Gasteiger partial charge in [-0.05, 0) is 107 Å². The fraction of sp³-hybridized carbons (Fsp3) is 0.538. The molecule has 320 valence electrons. The molecule has 4 N–H and O–H groups in total. The number of hydrogen-bond donors (Lipinski definition) is 3. The monoisotopic (exact) mass is 850 g/mol. The van der Waals surface area contributed by atoms with Crippen LogP contribution < -0.4 is 9.86 Å². The van der Waals surface area contributed by atoms with Gasteiger partial charge in [-0.15, -0.1) is 10.2 Å². The van der Waals surface area contributed by atoms with Crippen LogP contribution >= 0.6 is 0 Å². The Morgan fingerprint density at radius 2 is 1.05 bits per heavy atom. The van der Waals surface area contributed by atoms with Crippen molar-refractivity contribution in [2.24, 2.45) is 5.14 Å². The molecule has 2 heterocycles. The molecule has 2 saturated carbocycles. The van der Waals surface area contributed by atoms with Gasteiger partial charge in [-0.3, -0.25) is 9.59 Å². The zero-order valence-electron chi connectivity index (χ0n) is 33.4. The number of halogens is 2. The van der Waals surface area contributed by atoms with Crippen LogP contribution in [0.4, 0.5) is 8.78 Å². The van der Waals surface area contributed by atoms with Gasteiger partial charge in [0.1, 0.15) is 11.6 Å². The Morgan fingerprint density at radius 1 is 0.707 bits per heavy atom. The van der Waals surface area contributed by atoms with Gasteiger partial charge < -0.3 is 5.11 Å². The quantitative estimate of drug-likeness (QED) is 0.129. The van der Waals surface area contributed by atoms with E-state index in [4.69, 9.17) is 10.2 Å². The van der Waals surface area contributed by atoms with Gasteiger partial charge in [0, 0.05) is 0 Å². The highest BCUT2D eigenvalue weighted by atomic mass is 32.2.